The molecule has 0 aromatic heterocycles. The van der Waals surface area contributed by atoms with Gasteiger partial charge in [0.15, 0.2) is 9.84 Å². The van der Waals surface area contributed by atoms with Crippen LogP contribution >= 0.6 is 0 Å². The quantitative estimate of drug-likeness (QED) is 0.828. The standard InChI is InChI=1S/C13H17NO4S/c1-14(11-6-7-19(16,17)9-11)13(15)10-4-3-5-12(8-10)18-2/h3-5,8,11H,6-7,9H2,1-2H3. The van der Waals surface area contributed by atoms with Crippen LogP contribution in [0.1, 0.15) is 16.8 Å². The molecule has 2 rings (SSSR count). The number of amides is 1. The van der Waals surface area contributed by atoms with E-state index in [0.29, 0.717) is 17.7 Å². The van der Waals surface area contributed by atoms with Gasteiger partial charge in [0, 0.05) is 18.7 Å². The Labute approximate surface area is 113 Å². The number of hydrogen-bond acceptors (Lipinski definition) is 4. The number of carbonyl (C=O) groups is 1. The summed E-state index contributed by atoms with van der Waals surface area (Å²) in [6.45, 7) is 0. The molecule has 0 radical (unpaired) electrons. The molecule has 0 aliphatic carbocycles. The fourth-order valence-corrected chi connectivity index (χ4v) is 3.98. The van der Waals surface area contributed by atoms with Crippen LogP contribution in [0.5, 0.6) is 5.75 Å². The van der Waals surface area contributed by atoms with E-state index in [-0.39, 0.29) is 23.5 Å². The lowest BCUT2D eigenvalue weighted by Crippen LogP contribution is -2.37. The van der Waals surface area contributed by atoms with Gasteiger partial charge in [0.25, 0.3) is 5.91 Å². The molecule has 1 unspecified atom stereocenters. The summed E-state index contributed by atoms with van der Waals surface area (Å²) in [4.78, 5) is 13.8. The Balaban J connectivity index is 2.15. The van der Waals surface area contributed by atoms with Crippen molar-refractivity contribution < 1.29 is 17.9 Å². The fraction of sp³-hybridized carbons (Fsp3) is 0.462. The van der Waals surface area contributed by atoms with Crippen LogP contribution in [0.2, 0.25) is 0 Å². The fourth-order valence-electron chi connectivity index (χ4n) is 2.21. The summed E-state index contributed by atoms with van der Waals surface area (Å²) in [6.07, 6.45) is 0.508. The second-order valence-corrected chi connectivity index (χ2v) is 6.93. The van der Waals surface area contributed by atoms with Crippen LogP contribution in [-0.2, 0) is 9.84 Å². The Kier molecular flexibility index (Phi) is 3.80. The van der Waals surface area contributed by atoms with Crippen LogP contribution < -0.4 is 4.74 Å². The highest BCUT2D eigenvalue weighted by Crippen LogP contribution is 2.20. The normalized spacial score (nSPS) is 21.1. The van der Waals surface area contributed by atoms with Gasteiger partial charge < -0.3 is 9.64 Å². The molecule has 1 amide bonds. The third-order valence-electron chi connectivity index (χ3n) is 3.39. The van der Waals surface area contributed by atoms with E-state index in [1.165, 1.54) is 12.0 Å². The zero-order valence-electron chi connectivity index (χ0n) is 11.0. The molecule has 1 aromatic rings. The molecule has 104 valence electrons. The highest BCUT2D eigenvalue weighted by Gasteiger charge is 2.33. The molecule has 0 saturated carbocycles. The molecular formula is C13H17NO4S. The third-order valence-corrected chi connectivity index (χ3v) is 5.14. The molecule has 6 heteroatoms. The minimum absolute atomic E-state index is 0.0548. The van der Waals surface area contributed by atoms with E-state index in [9.17, 15) is 13.2 Å². The predicted molar refractivity (Wildman–Crippen MR) is 72.1 cm³/mol. The summed E-state index contributed by atoms with van der Waals surface area (Å²) in [7, 11) is 0.197. The number of nitrogens with zero attached hydrogens (tertiary/aromatic N) is 1. The maximum Gasteiger partial charge on any atom is 0.254 e. The molecule has 1 atom stereocenters. The van der Waals surface area contributed by atoms with E-state index in [0.717, 1.165) is 0 Å². The molecule has 1 aliphatic rings. The summed E-state index contributed by atoms with van der Waals surface area (Å²) in [5, 5.41) is 0. The van der Waals surface area contributed by atoms with Crippen LogP contribution in [0, 0.1) is 0 Å². The Bertz CT molecular complexity index is 582. The van der Waals surface area contributed by atoms with Crippen molar-refractivity contribution in [1.82, 2.24) is 4.90 Å². The molecule has 1 fully saturated rings. The molecule has 1 aromatic carbocycles. The molecule has 1 saturated heterocycles. The van der Waals surface area contributed by atoms with E-state index >= 15 is 0 Å². The summed E-state index contributed by atoms with van der Waals surface area (Å²) in [5.74, 6) is 0.645. The molecule has 5 nitrogen and oxygen atoms in total. The average Bonchev–Trinajstić information content (AvgIpc) is 2.77. The molecule has 0 spiro atoms. The third kappa shape index (κ3) is 3.07. The van der Waals surface area contributed by atoms with Gasteiger partial charge in [-0.15, -0.1) is 0 Å². The highest BCUT2D eigenvalue weighted by molar-refractivity contribution is 7.91. The van der Waals surface area contributed by atoms with Crippen LogP contribution in [-0.4, -0.2) is 50.9 Å². The van der Waals surface area contributed by atoms with Gasteiger partial charge in [-0.2, -0.15) is 0 Å². The van der Waals surface area contributed by atoms with Crippen molar-refractivity contribution in [3.05, 3.63) is 29.8 Å². The van der Waals surface area contributed by atoms with E-state index in [2.05, 4.69) is 0 Å². The second-order valence-electron chi connectivity index (χ2n) is 4.70. The lowest BCUT2D eigenvalue weighted by molar-refractivity contribution is 0.0747. The van der Waals surface area contributed by atoms with Crippen LogP contribution in [0.15, 0.2) is 24.3 Å². The Morgan fingerprint density at radius 2 is 2.16 bits per heavy atom. The van der Waals surface area contributed by atoms with Crippen molar-refractivity contribution >= 4 is 15.7 Å². The second kappa shape index (κ2) is 5.21. The number of ether oxygens (including phenoxy) is 1. The summed E-state index contributed by atoms with van der Waals surface area (Å²) < 4.78 is 28.0. The van der Waals surface area contributed by atoms with Crippen molar-refractivity contribution in [2.24, 2.45) is 0 Å². The van der Waals surface area contributed by atoms with Gasteiger partial charge in [-0.1, -0.05) is 6.07 Å². The first-order valence-corrected chi connectivity index (χ1v) is 7.87. The van der Waals surface area contributed by atoms with Gasteiger partial charge in [0.2, 0.25) is 0 Å². The van der Waals surface area contributed by atoms with E-state index < -0.39 is 9.84 Å². The molecule has 0 N–H and O–H groups in total. The Hall–Kier alpha value is -1.56. The molecular weight excluding hydrogens is 266 g/mol. The highest BCUT2D eigenvalue weighted by atomic mass is 32.2. The summed E-state index contributed by atoms with van der Waals surface area (Å²) in [5.41, 5.74) is 0.506. The van der Waals surface area contributed by atoms with Crippen molar-refractivity contribution in [1.29, 1.82) is 0 Å². The number of methoxy groups -OCH3 is 1. The SMILES string of the molecule is COc1cccc(C(=O)N(C)C2CCS(=O)(=O)C2)c1. The Morgan fingerprint density at radius 1 is 1.42 bits per heavy atom. The van der Waals surface area contributed by atoms with Gasteiger partial charge in [-0.05, 0) is 24.6 Å². The van der Waals surface area contributed by atoms with E-state index in [4.69, 9.17) is 4.74 Å². The first kappa shape index (κ1) is 13.9. The first-order chi connectivity index (χ1) is 8.93. The van der Waals surface area contributed by atoms with Crippen molar-refractivity contribution in [2.45, 2.75) is 12.5 Å². The van der Waals surface area contributed by atoms with Crippen molar-refractivity contribution in [3.63, 3.8) is 0 Å². The van der Waals surface area contributed by atoms with Gasteiger partial charge >= 0.3 is 0 Å². The molecule has 1 heterocycles. The van der Waals surface area contributed by atoms with Crippen LogP contribution in [0.3, 0.4) is 0 Å². The summed E-state index contributed by atoms with van der Waals surface area (Å²) >= 11 is 0. The number of sulfone groups is 1. The van der Waals surface area contributed by atoms with E-state index in [1.807, 2.05) is 0 Å². The average molecular weight is 283 g/mol. The maximum absolute atomic E-state index is 12.3. The number of hydrogen-bond donors (Lipinski definition) is 0. The maximum atomic E-state index is 12.3. The van der Waals surface area contributed by atoms with Crippen molar-refractivity contribution in [3.8, 4) is 5.75 Å². The predicted octanol–water partition coefficient (Wildman–Crippen LogP) is 0.954. The zero-order chi connectivity index (χ0) is 14.0. The summed E-state index contributed by atoms with van der Waals surface area (Å²) in [6, 6.07) is 6.62. The van der Waals surface area contributed by atoms with Gasteiger partial charge in [-0.3, -0.25) is 4.79 Å². The zero-order valence-corrected chi connectivity index (χ0v) is 11.8. The smallest absolute Gasteiger partial charge is 0.254 e. The lowest BCUT2D eigenvalue weighted by atomic mass is 10.1. The topological polar surface area (TPSA) is 63.7 Å². The lowest BCUT2D eigenvalue weighted by Gasteiger charge is -2.23. The number of rotatable bonds is 3. The Morgan fingerprint density at radius 3 is 2.74 bits per heavy atom. The largest absolute Gasteiger partial charge is 0.497 e. The van der Waals surface area contributed by atoms with Crippen LogP contribution in [0.4, 0.5) is 0 Å². The van der Waals surface area contributed by atoms with E-state index in [1.54, 1.807) is 31.3 Å². The van der Waals surface area contributed by atoms with Gasteiger partial charge in [0.1, 0.15) is 5.75 Å². The molecule has 19 heavy (non-hydrogen) atoms. The number of carbonyl (C=O) groups excluding carboxylic acids is 1. The minimum atomic E-state index is -2.99. The number of benzene rings is 1. The molecule has 0 bridgehead atoms. The minimum Gasteiger partial charge on any atom is -0.497 e. The van der Waals surface area contributed by atoms with Gasteiger partial charge in [-0.25, -0.2) is 8.42 Å². The first-order valence-electron chi connectivity index (χ1n) is 6.04. The molecule has 1 aliphatic heterocycles. The monoisotopic (exact) mass is 283 g/mol. The van der Waals surface area contributed by atoms with Crippen molar-refractivity contribution in [2.75, 3.05) is 25.7 Å². The van der Waals surface area contributed by atoms with Gasteiger partial charge in [0.05, 0.1) is 18.6 Å². The van der Waals surface area contributed by atoms with Crippen LogP contribution in [0.25, 0.3) is 0 Å².